The summed E-state index contributed by atoms with van der Waals surface area (Å²) < 4.78 is 6.63. The molecule has 0 radical (unpaired) electrons. The quantitative estimate of drug-likeness (QED) is 0.625. The third-order valence-corrected chi connectivity index (χ3v) is 4.22. The van der Waals surface area contributed by atoms with Crippen LogP contribution in [0.3, 0.4) is 0 Å². The SMILES string of the molecule is Nn1c(SCC(=O)N2CCOCC2)nnc1-c1ccncc1. The Kier molecular flexibility index (Phi) is 4.54. The zero-order valence-corrected chi connectivity index (χ0v) is 12.7. The number of morpholine rings is 1. The molecule has 0 saturated carbocycles. The van der Waals surface area contributed by atoms with Crippen LogP contribution in [0, 0.1) is 0 Å². The van der Waals surface area contributed by atoms with Crippen LogP contribution in [-0.4, -0.2) is 62.7 Å². The summed E-state index contributed by atoms with van der Waals surface area (Å²) in [6, 6.07) is 3.61. The number of carbonyl (C=O) groups excluding carboxylic acids is 1. The van der Waals surface area contributed by atoms with E-state index in [4.69, 9.17) is 10.6 Å². The number of rotatable bonds is 4. The van der Waals surface area contributed by atoms with Gasteiger partial charge in [0.1, 0.15) is 0 Å². The van der Waals surface area contributed by atoms with E-state index in [-0.39, 0.29) is 11.7 Å². The van der Waals surface area contributed by atoms with Crippen LogP contribution in [0.15, 0.2) is 29.7 Å². The van der Waals surface area contributed by atoms with Crippen molar-refractivity contribution in [2.24, 2.45) is 0 Å². The third-order valence-electron chi connectivity index (χ3n) is 3.29. The van der Waals surface area contributed by atoms with E-state index in [0.717, 1.165) is 5.56 Å². The smallest absolute Gasteiger partial charge is 0.233 e. The molecule has 22 heavy (non-hydrogen) atoms. The number of hydrogen-bond acceptors (Lipinski definition) is 7. The highest BCUT2D eigenvalue weighted by Crippen LogP contribution is 2.21. The maximum absolute atomic E-state index is 12.1. The number of pyridine rings is 1. The van der Waals surface area contributed by atoms with Crippen molar-refractivity contribution in [3.8, 4) is 11.4 Å². The minimum absolute atomic E-state index is 0.0572. The molecule has 2 aromatic heterocycles. The summed E-state index contributed by atoms with van der Waals surface area (Å²) >= 11 is 1.28. The van der Waals surface area contributed by atoms with Gasteiger partial charge in [0.2, 0.25) is 11.1 Å². The summed E-state index contributed by atoms with van der Waals surface area (Å²) in [6.07, 6.45) is 3.33. The number of amides is 1. The Labute approximate surface area is 131 Å². The van der Waals surface area contributed by atoms with Gasteiger partial charge in [-0.05, 0) is 12.1 Å². The number of thioether (sulfide) groups is 1. The molecule has 0 spiro atoms. The summed E-state index contributed by atoms with van der Waals surface area (Å²) in [6.45, 7) is 2.46. The molecule has 1 aliphatic rings. The molecule has 3 rings (SSSR count). The number of aromatic nitrogens is 4. The van der Waals surface area contributed by atoms with Crippen LogP contribution in [0.4, 0.5) is 0 Å². The highest BCUT2D eigenvalue weighted by atomic mass is 32.2. The minimum Gasteiger partial charge on any atom is -0.378 e. The highest BCUT2D eigenvalue weighted by molar-refractivity contribution is 7.99. The third kappa shape index (κ3) is 3.20. The van der Waals surface area contributed by atoms with Gasteiger partial charge in [0.25, 0.3) is 0 Å². The Hall–Kier alpha value is -2.13. The molecule has 1 saturated heterocycles. The number of nitrogen functional groups attached to an aromatic ring is 1. The molecule has 116 valence electrons. The predicted molar refractivity (Wildman–Crippen MR) is 81.5 cm³/mol. The van der Waals surface area contributed by atoms with Crippen LogP contribution in [0.1, 0.15) is 0 Å². The van der Waals surface area contributed by atoms with E-state index in [0.29, 0.717) is 37.3 Å². The molecule has 2 aromatic rings. The number of nitrogens with zero attached hydrogens (tertiary/aromatic N) is 5. The molecule has 0 aromatic carbocycles. The maximum Gasteiger partial charge on any atom is 0.233 e. The largest absolute Gasteiger partial charge is 0.378 e. The first kappa shape index (κ1) is 14.8. The average Bonchev–Trinajstić information content (AvgIpc) is 2.95. The van der Waals surface area contributed by atoms with Gasteiger partial charge in [-0.2, -0.15) is 0 Å². The summed E-state index contributed by atoms with van der Waals surface area (Å²) in [5, 5.41) is 8.62. The van der Waals surface area contributed by atoms with Crippen molar-refractivity contribution in [3.05, 3.63) is 24.5 Å². The van der Waals surface area contributed by atoms with Crippen molar-refractivity contribution in [2.45, 2.75) is 5.16 Å². The van der Waals surface area contributed by atoms with Crippen LogP contribution in [-0.2, 0) is 9.53 Å². The number of hydrogen-bond donors (Lipinski definition) is 1. The molecule has 8 nitrogen and oxygen atoms in total. The van der Waals surface area contributed by atoms with Gasteiger partial charge in [-0.1, -0.05) is 11.8 Å². The summed E-state index contributed by atoms with van der Waals surface area (Å²) in [5.41, 5.74) is 0.830. The van der Waals surface area contributed by atoms with Crippen LogP contribution in [0.2, 0.25) is 0 Å². The lowest BCUT2D eigenvalue weighted by Gasteiger charge is -2.26. The molecule has 1 fully saturated rings. The standard InChI is InChI=1S/C13H16N6O2S/c14-19-12(10-1-3-15-4-2-10)16-17-13(19)22-9-11(20)18-5-7-21-8-6-18/h1-4H,5-9,14H2. The fraction of sp³-hybridized carbons (Fsp3) is 0.385. The molecule has 1 amide bonds. The van der Waals surface area contributed by atoms with E-state index in [2.05, 4.69) is 15.2 Å². The molecule has 0 aliphatic carbocycles. The van der Waals surface area contributed by atoms with Gasteiger partial charge in [0.15, 0.2) is 5.82 Å². The van der Waals surface area contributed by atoms with E-state index in [9.17, 15) is 4.79 Å². The van der Waals surface area contributed by atoms with E-state index < -0.39 is 0 Å². The molecule has 9 heteroatoms. The minimum atomic E-state index is 0.0572. The van der Waals surface area contributed by atoms with Crippen molar-refractivity contribution < 1.29 is 9.53 Å². The monoisotopic (exact) mass is 320 g/mol. The van der Waals surface area contributed by atoms with Crippen LogP contribution in [0.25, 0.3) is 11.4 Å². The molecule has 0 atom stereocenters. The van der Waals surface area contributed by atoms with Gasteiger partial charge < -0.3 is 15.5 Å². The Morgan fingerprint density at radius 3 is 2.73 bits per heavy atom. The fourth-order valence-electron chi connectivity index (χ4n) is 2.10. The Morgan fingerprint density at radius 2 is 2.00 bits per heavy atom. The second kappa shape index (κ2) is 6.75. The van der Waals surface area contributed by atoms with E-state index in [1.807, 2.05) is 0 Å². The van der Waals surface area contributed by atoms with E-state index in [1.165, 1.54) is 16.4 Å². The zero-order valence-electron chi connectivity index (χ0n) is 11.9. The molecular formula is C13H16N6O2S. The Bertz CT molecular complexity index is 641. The summed E-state index contributed by atoms with van der Waals surface area (Å²) in [7, 11) is 0. The van der Waals surface area contributed by atoms with E-state index >= 15 is 0 Å². The predicted octanol–water partition coefficient (Wildman–Crippen LogP) is 0.00480. The molecular weight excluding hydrogens is 304 g/mol. The van der Waals surface area contributed by atoms with Gasteiger partial charge in [0.05, 0.1) is 19.0 Å². The molecule has 2 N–H and O–H groups in total. The van der Waals surface area contributed by atoms with Gasteiger partial charge in [-0.25, -0.2) is 4.68 Å². The molecule has 1 aliphatic heterocycles. The second-order valence-corrected chi connectivity index (χ2v) is 5.64. The number of ether oxygens (including phenoxy) is 1. The highest BCUT2D eigenvalue weighted by Gasteiger charge is 2.19. The summed E-state index contributed by atoms with van der Waals surface area (Å²) in [5.74, 6) is 6.89. The molecule has 3 heterocycles. The van der Waals surface area contributed by atoms with Crippen molar-refractivity contribution in [1.82, 2.24) is 24.8 Å². The van der Waals surface area contributed by atoms with Gasteiger partial charge in [-0.15, -0.1) is 10.2 Å². The first-order valence-corrected chi connectivity index (χ1v) is 7.83. The number of nitrogens with two attached hydrogens (primary N) is 1. The van der Waals surface area contributed by atoms with Crippen LogP contribution < -0.4 is 5.84 Å². The lowest BCUT2D eigenvalue weighted by molar-refractivity contribution is -0.132. The van der Waals surface area contributed by atoms with Crippen molar-refractivity contribution in [2.75, 3.05) is 37.9 Å². The van der Waals surface area contributed by atoms with Gasteiger partial charge in [0, 0.05) is 31.0 Å². The molecule has 0 bridgehead atoms. The van der Waals surface area contributed by atoms with Gasteiger partial charge in [-0.3, -0.25) is 9.78 Å². The average molecular weight is 320 g/mol. The van der Waals surface area contributed by atoms with Gasteiger partial charge >= 0.3 is 0 Å². The first-order valence-electron chi connectivity index (χ1n) is 6.85. The first-order chi connectivity index (χ1) is 10.8. The summed E-state index contributed by atoms with van der Waals surface area (Å²) in [4.78, 5) is 17.8. The fourth-order valence-corrected chi connectivity index (χ4v) is 2.86. The van der Waals surface area contributed by atoms with Crippen molar-refractivity contribution in [3.63, 3.8) is 0 Å². The van der Waals surface area contributed by atoms with Crippen molar-refractivity contribution >= 4 is 17.7 Å². The molecule has 0 unspecified atom stereocenters. The van der Waals surface area contributed by atoms with E-state index in [1.54, 1.807) is 29.4 Å². The Morgan fingerprint density at radius 1 is 1.27 bits per heavy atom. The van der Waals surface area contributed by atoms with Crippen LogP contribution >= 0.6 is 11.8 Å². The normalized spacial score (nSPS) is 15.0. The lowest BCUT2D eigenvalue weighted by Crippen LogP contribution is -2.41. The van der Waals surface area contributed by atoms with Crippen molar-refractivity contribution in [1.29, 1.82) is 0 Å². The lowest BCUT2D eigenvalue weighted by atomic mass is 10.2. The topological polar surface area (TPSA) is 99.2 Å². The maximum atomic E-state index is 12.1. The number of carbonyl (C=O) groups is 1. The zero-order chi connectivity index (χ0) is 15.4. The second-order valence-electron chi connectivity index (χ2n) is 4.69. The Balaban J connectivity index is 1.64. The van der Waals surface area contributed by atoms with Crippen LogP contribution in [0.5, 0.6) is 0 Å².